The fourth-order valence-electron chi connectivity index (χ4n) is 5.00. The van der Waals surface area contributed by atoms with Crippen molar-refractivity contribution in [1.29, 1.82) is 0 Å². The minimum atomic E-state index is -4.32. The van der Waals surface area contributed by atoms with Crippen molar-refractivity contribution in [2.75, 3.05) is 10.8 Å². The molecule has 1 atom stereocenters. The van der Waals surface area contributed by atoms with Gasteiger partial charge in [0, 0.05) is 18.2 Å². The van der Waals surface area contributed by atoms with Crippen molar-refractivity contribution < 1.29 is 22.4 Å². The summed E-state index contributed by atoms with van der Waals surface area (Å²) in [6, 6.07) is 15.6. The fourth-order valence-corrected chi connectivity index (χ4v) is 6.87. The molecule has 3 aromatic carbocycles. The van der Waals surface area contributed by atoms with Gasteiger partial charge in [-0.1, -0.05) is 84.4 Å². The number of halogens is 3. The van der Waals surface area contributed by atoms with Crippen LogP contribution in [0.5, 0.6) is 0 Å². The SMILES string of the molecule is Cc1ccc(S(=O)(=O)N(CC(=O)N(Cc2ccccc2F)C(C)C(=O)NC2CCCCC2)c2cccc(Cl)c2Cl)cc1. The molecule has 0 heterocycles. The van der Waals surface area contributed by atoms with Gasteiger partial charge in [0.05, 0.1) is 20.6 Å². The topological polar surface area (TPSA) is 86.8 Å². The van der Waals surface area contributed by atoms with Crippen LogP contribution in [0.3, 0.4) is 0 Å². The predicted molar refractivity (Wildman–Crippen MR) is 164 cm³/mol. The number of rotatable bonds is 10. The van der Waals surface area contributed by atoms with Gasteiger partial charge in [-0.25, -0.2) is 12.8 Å². The first-order valence-corrected chi connectivity index (χ1v) is 16.1. The van der Waals surface area contributed by atoms with E-state index in [9.17, 15) is 22.4 Å². The normalized spacial score (nSPS) is 14.7. The number of hydrogen-bond acceptors (Lipinski definition) is 4. The fraction of sp³-hybridized carbons (Fsp3) is 0.355. The smallest absolute Gasteiger partial charge is 0.264 e. The number of carbonyl (C=O) groups excluding carboxylic acids is 2. The van der Waals surface area contributed by atoms with Crippen LogP contribution in [0.15, 0.2) is 71.6 Å². The van der Waals surface area contributed by atoms with Crippen molar-refractivity contribution in [3.8, 4) is 0 Å². The molecule has 0 saturated heterocycles. The van der Waals surface area contributed by atoms with Crippen molar-refractivity contribution >= 4 is 50.7 Å². The third kappa shape index (κ3) is 7.43. The zero-order valence-corrected chi connectivity index (χ0v) is 25.9. The first-order valence-electron chi connectivity index (χ1n) is 13.9. The quantitative estimate of drug-likeness (QED) is 0.276. The number of carbonyl (C=O) groups is 2. The molecule has 3 aromatic rings. The molecule has 0 aliphatic heterocycles. The molecule has 4 rings (SSSR count). The number of amides is 2. The molecule has 1 aliphatic rings. The summed E-state index contributed by atoms with van der Waals surface area (Å²) in [5.41, 5.74) is 1.05. The van der Waals surface area contributed by atoms with Gasteiger partial charge in [0.1, 0.15) is 18.4 Å². The lowest BCUT2D eigenvalue weighted by atomic mass is 9.95. The Morgan fingerprint density at radius 2 is 1.64 bits per heavy atom. The summed E-state index contributed by atoms with van der Waals surface area (Å²) in [5, 5.41) is 3.08. The summed E-state index contributed by atoms with van der Waals surface area (Å²) in [6.07, 6.45) is 4.80. The van der Waals surface area contributed by atoms with Gasteiger partial charge in [-0.05, 0) is 57.0 Å². The zero-order valence-electron chi connectivity index (χ0n) is 23.5. The maximum atomic E-state index is 14.7. The average molecular weight is 635 g/mol. The Kier molecular flexibility index (Phi) is 10.5. The standard InChI is InChI=1S/C31H34Cl2FN3O4S/c1-21-15-17-25(18-16-21)42(40,41)37(28-14-8-12-26(32)30(28)33)20-29(38)36(19-23-9-6-7-13-27(23)34)22(2)31(39)35-24-10-4-3-5-11-24/h6-9,12-18,22,24H,3-5,10-11,19-20H2,1-2H3,(H,35,39). The van der Waals surface area contributed by atoms with Gasteiger partial charge in [-0.15, -0.1) is 0 Å². The molecule has 0 spiro atoms. The third-order valence-corrected chi connectivity index (χ3v) is 10.1. The van der Waals surface area contributed by atoms with Gasteiger partial charge in [-0.2, -0.15) is 0 Å². The van der Waals surface area contributed by atoms with E-state index in [2.05, 4.69) is 5.32 Å². The minimum absolute atomic E-state index is 0.00300. The van der Waals surface area contributed by atoms with Gasteiger partial charge >= 0.3 is 0 Å². The Labute approximate surface area is 256 Å². The monoisotopic (exact) mass is 633 g/mol. The largest absolute Gasteiger partial charge is 0.352 e. The second-order valence-electron chi connectivity index (χ2n) is 10.5. The zero-order chi connectivity index (χ0) is 30.4. The molecule has 1 N–H and O–H groups in total. The Hall–Kier alpha value is -3.14. The highest BCUT2D eigenvalue weighted by Gasteiger charge is 2.34. The summed E-state index contributed by atoms with van der Waals surface area (Å²) in [4.78, 5) is 28.6. The van der Waals surface area contributed by atoms with E-state index in [-0.39, 0.29) is 44.7 Å². The van der Waals surface area contributed by atoms with Crippen molar-refractivity contribution in [1.82, 2.24) is 10.2 Å². The first-order chi connectivity index (χ1) is 20.0. The predicted octanol–water partition coefficient (Wildman–Crippen LogP) is 6.50. The Morgan fingerprint density at radius 1 is 0.976 bits per heavy atom. The van der Waals surface area contributed by atoms with Crippen LogP contribution in [0.25, 0.3) is 0 Å². The number of anilines is 1. The van der Waals surface area contributed by atoms with Crippen LogP contribution in [-0.4, -0.2) is 43.8 Å². The average Bonchev–Trinajstić information content (AvgIpc) is 2.97. The van der Waals surface area contributed by atoms with Crippen LogP contribution >= 0.6 is 23.2 Å². The number of hydrogen-bond donors (Lipinski definition) is 1. The molecular formula is C31H34Cl2FN3O4S. The van der Waals surface area contributed by atoms with E-state index in [1.807, 2.05) is 6.92 Å². The Morgan fingerprint density at radius 3 is 2.31 bits per heavy atom. The molecule has 1 aliphatic carbocycles. The van der Waals surface area contributed by atoms with Crippen LogP contribution in [0, 0.1) is 12.7 Å². The van der Waals surface area contributed by atoms with E-state index < -0.39 is 34.3 Å². The molecule has 1 saturated carbocycles. The first kappa shape index (κ1) is 31.8. The molecule has 42 heavy (non-hydrogen) atoms. The van der Waals surface area contributed by atoms with E-state index in [0.717, 1.165) is 42.0 Å². The van der Waals surface area contributed by atoms with E-state index in [4.69, 9.17) is 23.2 Å². The summed E-state index contributed by atoms with van der Waals surface area (Å²) in [7, 11) is -4.32. The van der Waals surface area contributed by atoms with E-state index in [0.29, 0.717) is 0 Å². The highest BCUT2D eigenvalue weighted by atomic mass is 35.5. The van der Waals surface area contributed by atoms with Crippen LogP contribution in [0.4, 0.5) is 10.1 Å². The Balaban J connectivity index is 1.72. The summed E-state index contributed by atoms with van der Waals surface area (Å²) < 4.78 is 43.5. The lowest BCUT2D eigenvalue weighted by Crippen LogP contribution is -2.53. The summed E-state index contributed by atoms with van der Waals surface area (Å²) in [5.74, 6) is -1.64. The van der Waals surface area contributed by atoms with Crippen molar-refractivity contribution in [3.05, 3.63) is 93.7 Å². The van der Waals surface area contributed by atoms with Crippen LogP contribution in [-0.2, 0) is 26.2 Å². The molecule has 0 radical (unpaired) electrons. The lowest BCUT2D eigenvalue weighted by Gasteiger charge is -2.33. The number of benzene rings is 3. The molecule has 0 bridgehead atoms. The second kappa shape index (κ2) is 13.9. The molecule has 224 valence electrons. The summed E-state index contributed by atoms with van der Waals surface area (Å²) >= 11 is 12.7. The lowest BCUT2D eigenvalue weighted by molar-refractivity contribution is -0.139. The van der Waals surface area contributed by atoms with E-state index in [1.54, 1.807) is 25.1 Å². The van der Waals surface area contributed by atoms with Gasteiger partial charge in [-0.3, -0.25) is 13.9 Å². The Bertz CT molecular complexity index is 1530. The number of nitrogens with one attached hydrogen (secondary N) is 1. The highest BCUT2D eigenvalue weighted by Crippen LogP contribution is 2.35. The van der Waals surface area contributed by atoms with Gasteiger partial charge in [0.15, 0.2) is 0 Å². The van der Waals surface area contributed by atoms with Crippen LogP contribution in [0.2, 0.25) is 10.0 Å². The maximum absolute atomic E-state index is 14.7. The van der Waals surface area contributed by atoms with E-state index >= 15 is 0 Å². The molecule has 1 fully saturated rings. The third-order valence-electron chi connectivity index (χ3n) is 7.51. The van der Waals surface area contributed by atoms with Crippen LogP contribution < -0.4 is 9.62 Å². The van der Waals surface area contributed by atoms with Crippen molar-refractivity contribution in [2.24, 2.45) is 0 Å². The van der Waals surface area contributed by atoms with Crippen LogP contribution in [0.1, 0.15) is 50.2 Å². The molecule has 2 amide bonds. The van der Waals surface area contributed by atoms with E-state index in [1.165, 1.54) is 53.4 Å². The van der Waals surface area contributed by atoms with Gasteiger partial charge in [0.25, 0.3) is 10.0 Å². The molecule has 0 aromatic heterocycles. The number of nitrogens with zero attached hydrogens (tertiary/aromatic N) is 2. The van der Waals surface area contributed by atoms with Crippen molar-refractivity contribution in [2.45, 2.75) is 69.5 Å². The number of aryl methyl sites for hydroxylation is 1. The second-order valence-corrected chi connectivity index (χ2v) is 13.2. The highest BCUT2D eigenvalue weighted by molar-refractivity contribution is 7.92. The molecule has 11 heteroatoms. The maximum Gasteiger partial charge on any atom is 0.264 e. The molecule has 1 unspecified atom stereocenters. The minimum Gasteiger partial charge on any atom is -0.352 e. The van der Waals surface area contributed by atoms with Crippen molar-refractivity contribution in [3.63, 3.8) is 0 Å². The number of sulfonamides is 1. The van der Waals surface area contributed by atoms with Gasteiger partial charge in [0.2, 0.25) is 11.8 Å². The summed E-state index contributed by atoms with van der Waals surface area (Å²) in [6.45, 7) is 2.44. The molecular weight excluding hydrogens is 600 g/mol. The van der Waals surface area contributed by atoms with Gasteiger partial charge < -0.3 is 10.2 Å². The molecule has 7 nitrogen and oxygen atoms in total.